The van der Waals surface area contributed by atoms with Gasteiger partial charge in [-0.2, -0.15) is 0 Å². The number of fused-ring (bicyclic) bond motifs is 1. The molecule has 2 heterocycles. The Bertz CT molecular complexity index is 631. The van der Waals surface area contributed by atoms with E-state index in [1.165, 1.54) is 19.3 Å². The molecule has 0 amide bonds. The molecule has 6 heteroatoms. The Hall–Kier alpha value is -2.08. The van der Waals surface area contributed by atoms with Crippen molar-refractivity contribution in [1.82, 2.24) is 14.7 Å². The Balaban J connectivity index is 1.99. The number of nitrogens with two attached hydrogens (primary N) is 1. The Labute approximate surface area is 110 Å². The molecule has 0 atom stereocenters. The molecule has 3 rings (SSSR count). The van der Waals surface area contributed by atoms with E-state index in [2.05, 4.69) is 10.3 Å². The van der Waals surface area contributed by atoms with Gasteiger partial charge in [0.25, 0.3) is 0 Å². The van der Waals surface area contributed by atoms with E-state index in [1.54, 1.807) is 22.7 Å². The van der Waals surface area contributed by atoms with Crippen molar-refractivity contribution in [3.05, 3.63) is 29.8 Å². The van der Waals surface area contributed by atoms with Gasteiger partial charge in [-0.05, 0) is 25.0 Å². The normalized spacial score (nSPS) is 15.6. The number of carboxylic acid groups (broad SMARTS) is 1. The molecule has 2 aromatic rings. The molecule has 0 unspecified atom stereocenters. The van der Waals surface area contributed by atoms with Crippen LogP contribution in [0.1, 0.15) is 35.6 Å². The molecule has 100 valence electrons. The minimum absolute atomic E-state index is 0.0171. The number of aromatic carboxylic acids is 1. The van der Waals surface area contributed by atoms with Crippen molar-refractivity contribution < 1.29 is 9.90 Å². The monoisotopic (exact) mass is 260 g/mol. The maximum atomic E-state index is 11.2. The molecule has 0 spiro atoms. The molecule has 0 bridgehead atoms. The summed E-state index contributed by atoms with van der Waals surface area (Å²) < 4.78 is 1.75. The Morgan fingerprint density at radius 1 is 1.58 bits per heavy atom. The van der Waals surface area contributed by atoms with Crippen LogP contribution in [0.5, 0.6) is 0 Å². The maximum Gasteiger partial charge on any atom is 0.356 e. The van der Waals surface area contributed by atoms with Crippen LogP contribution >= 0.6 is 0 Å². The fourth-order valence-corrected chi connectivity index (χ4v) is 2.35. The van der Waals surface area contributed by atoms with Crippen molar-refractivity contribution in [1.29, 1.82) is 0 Å². The highest BCUT2D eigenvalue weighted by Crippen LogP contribution is 2.22. The number of rotatable bonds is 4. The van der Waals surface area contributed by atoms with Gasteiger partial charge in [-0.15, -0.1) is 0 Å². The van der Waals surface area contributed by atoms with Gasteiger partial charge in [0.2, 0.25) is 0 Å². The van der Waals surface area contributed by atoms with E-state index in [-0.39, 0.29) is 5.69 Å². The average molecular weight is 260 g/mol. The highest BCUT2D eigenvalue weighted by molar-refractivity contribution is 5.97. The molecule has 0 aliphatic heterocycles. The maximum absolute atomic E-state index is 11.2. The number of hydrogen-bond donors (Lipinski definition) is 3. The van der Waals surface area contributed by atoms with Crippen LogP contribution < -0.4 is 11.1 Å². The minimum atomic E-state index is -1.05. The number of pyridine rings is 1. The van der Waals surface area contributed by atoms with Gasteiger partial charge in [0, 0.05) is 12.2 Å². The number of anilines is 1. The first-order valence-electron chi connectivity index (χ1n) is 6.39. The summed E-state index contributed by atoms with van der Waals surface area (Å²) in [6, 6.07) is 4.01. The molecule has 19 heavy (non-hydrogen) atoms. The smallest absolute Gasteiger partial charge is 0.356 e. The van der Waals surface area contributed by atoms with Crippen LogP contribution in [0.3, 0.4) is 0 Å². The Kier molecular flexibility index (Phi) is 2.87. The highest BCUT2D eigenvalue weighted by atomic mass is 16.4. The zero-order chi connectivity index (χ0) is 13.4. The quantitative estimate of drug-likeness (QED) is 0.769. The molecule has 2 aromatic heterocycles. The van der Waals surface area contributed by atoms with Gasteiger partial charge in [0.1, 0.15) is 11.3 Å². The summed E-state index contributed by atoms with van der Waals surface area (Å²) in [5, 5.41) is 12.6. The number of nitrogens with one attached hydrogen (secondary N) is 1. The fraction of sp³-hybridized carbons (Fsp3) is 0.385. The second-order valence-electron chi connectivity index (χ2n) is 4.87. The second kappa shape index (κ2) is 4.55. The van der Waals surface area contributed by atoms with E-state index in [1.807, 2.05) is 0 Å². The molecule has 1 saturated carbocycles. The molecule has 0 radical (unpaired) electrons. The second-order valence-corrected chi connectivity index (χ2v) is 4.87. The first-order valence-corrected chi connectivity index (χ1v) is 6.39. The lowest BCUT2D eigenvalue weighted by molar-refractivity contribution is 0.0693. The van der Waals surface area contributed by atoms with Gasteiger partial charge in [0.15, 0.2) is 5.69 Å². The molecule has 0 saturated heterocycles. The zero-order valence-electron chi connectivity index (χ0n) is 10.5. The van der Waals surface area contributed by atoms with Crippen molar-refractivity contribution in [2.75, 3.05) is 5.73 Å². The molecule has 0 aromatic carbocycles. The number of imidazole rings is 1. The highest BCUT2D eigenvalue weighted by Gasteiger charge is 2.21. The summed E-state index contributed by atoms with van der Waals surface area (Å²) in [6.07, 6.45) is 5.41. The van der Waals surface area contributed by atoms with Gasteiger partial charge in [-0.1, -0.05) is 6.42 Å². The topological polar surface area (TPSA) is 92.7 Å². The number of carboxylic acids is 1. The Morgan fingerprint density at radius 2 is 2.37 bits per heavy atom. The summed E-state index contributed by atoms with van der Waals surface area (Å²) in [7, 11) is 0. The molecule has 1 aliphatic rings. The molecule has 1 fully saturated rings. The van der Waals surface area contributed by atoms with Gasteiger partial charge >= 0.3 is 5.97 Å². The minimum Gasteiger partial charge on any atom is -0.476 e. The average Bonchev–Trinajstić information content (AvgIpc) is 2.68. The van der Waals surface area contributed by atoms with Crippen LogP contribution in [0.25, 0.3) is 5.52 Å². The number of aromatic nitrogens is 2. The lowest BCUT2D eigenvalue weighted by Crippen LogP contribution is -2.35. The molecule has 6 nitrogen and oxygen atoms in total. The van der Waals surface area contributed by atoms with Crippen LogP contribution in [-0.2, 0) is 6.54 Å². The van der Waals surface area contributed by atoms with Crippen molar-refractivity contribution in [2.24, 2.45) is 0 Å². The molecule has 4 N–H and O–H groups in total. The third-order valence-corrected chi connectivity index (χ3v) is 3.63. The predicted octanol–water partition coefficient (Wildman–Crippen LogP) is 1.26. The van der Waals surface area contributed by atoms with Crippen LogP contribution in [0.4, 0.5) is 5.69 Å². The number of nitrogen functional groups attached to an aromatic ring is 1. The number of carbonyl (C=O) groups is 1. The van der Waals surface area contributed by atoms with E-state index in [0.717, 1.165) is 0 Å². The fourth-order valence-electron chi connectivity index (χ4n) is 2.35. The van der Waals surface area contributed by atoms with Crippen molar-refractivity contribution >= 4 is 17.2 Å². The first kappa shape index (κ1) is 12.0. The number of hydrogen-bond acceptors (Lipinski definition) is 4. The van der Waals surface area contributed by atoms with E-state index in [4.69, 9.17) is 5.73 Å². The first-order chi connectivity index (χ1) is 9.16. The third-order valence-electron chi connectivity index (χ3n) is 3.63. The summed E-state index contributed by atoms with van der Waals surface area (Å²) in [5.41, 5.74) is 6.78. The van der Waals surface area contributed by atoms with E-state index in [0.29, 0.717) is 29.6 Å². The van der Waals surface area contributed by atoms with Crippen LogP contribution in [0.15, 0.2) is 18.3 Å². The standard InChI is InChI=1S/C13H16N4O2/c14-9-5-2-6-17-10(7-15-8-3-1-4-8)16-11(12(9)17)13(18)19/h2,5-6,8,15H,1,3-4,7,14H2,(H,18,19). The van der Waals surface area contributed by atoms with Crippen molar-refractivity contribution in [3.8, 4) is 0 Å². The summed E-state index contributed by atoms with van der Waals surface area (Å²) in [5.74, 6) is -0.364. The van der Waals surface area contributed by atoms with E-state index >= 15 is 0 Å². The SMILES string of the molecule is Nc1cccn2c(CNC3CCC3)nc(C(=O)O)c12. The van der Waals surface area contributed by atoms with Crippen LogP contribution in [0.2, 0.25) is 0 Å². The zero-order valence-corrected chi connectivity index (χ0v) is 10.5. The van der Waals surface area contributed by atoms with Gasteiger partial charge in [0.05, 0.1) is 12.2 Å². The van der Waals surface area contributed by atoms with Gasteiger partial charge in [-0.3, -0.25) is 4.40 Å². The largest absolute Gasteiger partial charge is 0.476 e. The van der Waals surface area contributed by atoms with Crippen molar-refractivity contribution in [3.63, 3.8) is 0 Å². The number of nitrogens with zero attached hydrogens (tertiary/aromatic N) is 2. The molecular weight excluding hydrogens is 244 g/mol. The summed E-state index contributed by atoms with van der Waals surface area (Å²) >= 11 is 0. The lowest BCUT2D eigenvalue weighted by atomic mass is 9.93. The van der Waals surface area contributed by atoms with Crippen LogP contribution in [0, 0.1) is 0 Å². The summed E-state index contributed by atoms with van der Waals surface area (Å²) in [6.45, 7) is 0.558. The third kappa shape index (κ3) is 2.04. The van der Waals surface area contributed by atoms with Crippen molar-refractivity contribution in [2.45, 2.75) is 31.8 Å². The molecule has 1 aliphatic carbocycles. The predicted molar refractivity (Wildman–Crippen MR) is 71.0 cm³/mol. The molecular formula is C13H16N4O2. The summed E-state index contributed by atoms with van der Waals surface area (Å²) in [4.78, 5) is 15.4. The van der Waals surface area contributed by atoms with Gasteiger partial charge in [-0.25, -0.2) is 9.78 Å². The van der Waals surface area contributed by atoms with Gasteiger partial charge < -0.3 is 16.2 Å². The van der Waals surface area contributed by atoms with E-state index in [9.17, 15) is 9.90 Å². The van der Waals surface area contributed by atoms with E-state index < -0.39 is 5.97 Å². The lowest BCUT2D eigenvalue weighted by Gasteiger charge is -2.26. The van der Waals surface area contributed by atoms with Crippen LogP contribution in [-0.4, -0.2) is 26.5 Å². The Morgan fingerprint density at radius 3 is 3.00 bits per heavy atom.